The Bertz CT molecular complexity index is 70.6. The SMILES string of the molecule is C[C@H](O)C(=O)OP. The van der Waals surface area contributed by atoms with Crippen LogP contribution in [0.25, 0.3) is 0 Å². The second-order valence-electron chi connectivity index (χ2n) is 1.11. The Kier molecular flexibility index (Phi) is 2.88. The van der Waals surface area contributed by atoms with Crippen LogP contribution in [0.5, 0.6) is 0 Å². The molecule has 0 aliphatic rings. The largest absolute Gasteiger partial charge is 0.450 e. The molecule has 4 heteroatoms. The van der Waals surface area contributed by atoms with E-state index in [4.69, 9.17) is 5.11 Å². The molecule has 1 unspecified atom stereocenters. The van der Waals surface area contributed by atoms with Crippen molar-refractivity contribution in [1.29, 1.82) is 0 Å². The molecule has 42 valence electrons. The highest BCUT2D eigenvalue weighted by Gasteiger charge is 2.05. The number of hydrogen-bond acceptors (Lipinski definition) is 3. The molecule has 0 aliphatic carbocycles. The molecule has 0 bridgehead atoms. The van der Waals surface area contributed by atoms with E-state index in [9.17, 15) is 4.79 Å². The normalized spacial score (nSPS) is 13.0. The smallest absolute Gasteiger partial charge is 0.336 e. The molecule has 1 N–H and O–H groups in total. The molecular formula is C3H7O3P. The van der Waals surface area contributed by atoms with Gasteiger partial charge in [0, 0.05) is 0 Å². The van der Waals surface area contributed by atoms with Crippen molar-refractivity contribution in [1.82, 2.24) is 0 Å². The molecule has 7 heavy (non-hydrogen) atoms. The van der Waals surface area contributed by atoms with Crippen LogP contribution in [0.1, 0.15) is 6.92 Å². The molecule has 0 amide bonds. The van der Waals surface area contributed by atoms with E-state index in [0.29, 0.717) is 0 Å². The van der Waals surface area contributed by atoms with Gasteiger partial charge in [0.15, 0.2) is 0 Å². The highest BCUT2D eigenvalue weighted by molar-refractivity contribution is 7.10. The van der Waals surface area contributed by atoms with Gasteiger partial charge in [0.1, 0.15) is 6.10 Å². The standard InChI is InChI=1S/C3H7O3P/c1-2(4)3(5)6-7/h2,4H,7H2,1H3/t2-/m0/s1. The molecule has 0 aromatic rings. The lowest BCUT2D eigenvalue weighted by molar-refractivity contribution is -0.141. The van der Waals surface area contributed by atoms with Crippen molar-refractivity contribution in [3.8, 4) is 0 Å². The summed E-state index contributed by atoms with van der Waals surface area (Å²) in [6.45, 7) is 1.34. The quantitative estimate of drug-likeness (QED) is 0.485. The van der Waals surface area contributed by atoms with Gasteiger partial charge in [-0.15, -0.1) is 0 Å². The Morgan fingerprint density at radius 2 is 2.43 bits per heavy atom. The van der Waals surface area contributed by atoms with Crippen LogP contribution in [-0.2, 0) is 9.32 Å². The maximum Gasteiger partial charge on any atom is 0.336 e. The predicted octanol–water partition coefficient (Wildman–Crippen LogP) is -0.300. The molecule has 0 spiro atoms. The Morgan fingerprint density at radius 3 is 2.43 bits per heavy atom. The van der Waals surface area contributed by atoms with Crippen molar-refractivity contribution in [3.05, 3.63) is 0 Å². The summed E-state index contributed by atoms with van der Waals surface area (Å²) in [7, 11) is 1.75. The number of carbonyl (C=O) groups excluding carboxylic acids is 1. The Labute approximate surface area is 44.0 Å². The molecule has 0 aromatic heterocycles. The second kappa shape index (κ2) is 2.94. The van der Waals surface area contributed by atoms with Crippen molar-refractivity contribution >= 4 is 15.4 Å². The number of rotatable bonds is 1. The molecule has 0 fully saturated rings. The zero-order valence-electron chi connectivity index (χ0n) is 3.92. The van der Waals surface area contributed by atoms with Crippen LogP contribution in [0.15, 0.2) is 0 Å². The van der Waals surface area contributed by atoms with Gasteiger partial charge in [-0.3, -0.25) is 0 Å². The molecular weight excluding hydrogens is 115 g/mol. The number of hydrogen-bond donors (Lipinski definition) is 1. The third-order valence-corrected chi connectivity index (χ3v) is 0.690. The Morgan fingerprint density at radius 1 is 2.00 bits per heavy atom. The highest BCUT2D eigenvalue weighted by Crippen LogP contribution is 1.90. The van der Waals surface area contributed by atoms with Crippen molar-refractivity contribution in [3.63, 3.8) is 0 Å². The molecule has 0 saturated heterocycles. The van der Waals surface area contributed by atoms with Gasteiger partial charge in [0.25, 0.3) is 0 Å². The summed E-state index contributed by atoms with van der Waals surface area (Å²) in [5, 5.41) is 8.33. The van der Waals surface area contributed by atoms with E-state index >= 15 is 0 Å². The summed E-state index contributed by atoms with van der Waals surface area (Å²) in [6.07, 6.45) is -1.02. The van der Waals surface area contributed by atoms with Gasteiger partial charge in [0.05, 0.1) is 9.47 Å². The summed E-state index contributed by atoms with van der Waals surface area (Å²) in [5.74, 6) is -0.634. The highest BCUT2D eigenvalue weighted by atomic mass is 31.0. The van der Waals surface area contributed by atoms with Gasteiger partial charge < -0.3 is 9.63 Å². The lowest BCUT2D eigenvalue weighted by atomic mass is 10.4. The van der Waals surface area contributed by atoms with Gasteiger partial charge in [-0.25, -0.2) is 4.79 Å². The lowest BCUT2D eigenvalue weighted by Gasteiger charge is -1.96. The van der Waals surface area contributed by atoms with E-state index in [1.54, 1.807) is 9.47 Å². The zero-order valence-corrected chi connectivity index (χ0v) is 5.07. The van der Waals surface area contributed by atoms with Gasteiger partial charge in [0.2, 0.25) is 0 Å². The zero-order chi connectivity index (χ0) is 5.86. The number of aliphatic hydroxyl groups excluding tert-OH is 1. The average Bonchev–Trinajstić information content (AvgIpc) is 1.65. The fourth-order valence-corrected chi connectivity index (χ4v) is 0.295. The lowest BCUT2D eigenvalue weighted by Crippen LogP contribution is -2.14. The second-order valence-corrected chi connectivity index (χ2v) is 1.35. The van der Waals surface area contributed by atoms with Crippen molar-refractivity contribution in [2.24, 2.45) is 0 Å². The number of aliphatic hydroxyl groups is 1. The van der Waals surface area contributed by atoms with Crippen LogP contribution in [0.3, 0.4) is 0 Å². The predicted molar refractivity (Wildman–Crippen MR) is 27.5 cm³/mol. The summed E-state index contributed by atoms with van der Waals surface area (Å²) < 4.78 is 4.04. The van der Waals surface area contributed by atoms with Crippen LogP contribution >= 0.6 is 9.47 Å². The van der Waals surface area contributed by atoms with Crippen LogP contribution in [-0.4, -0.2) is 17.2 Å². The fourth-order valence-electron chi connectivity index (χ4n) is 0.0985. The molecule has 3 nitrogen and oxygen atoms in total. The van der Waals surface area contributed by atoms with Crippen LogP contribution in [0.2, 0.25) is 0 Å². The van der Waals surface area contributed by atoms with E-state index < -0.39 is 12.1 Å². The first kappa shape index (κ1) is 6.86. The van der Waals surface area contributed by atoms with Crippen LogP contribution < -0.4 is 0 Å². The minimum absolute atomic E-state index is 0.634. The first-order valence-corrected chi connectivity index (χ1v) is 2.24. The van der Waals surface area contributed by atoms with Crippen LogP contribution in [0.4, 0.5) is 0 Å². The van der Waals surface area contributed by atoms with E-state index in [-0.39, 0.29) is 0 Å². The van der Waals surface area contributed by atoms with E-state index in [1.807, 2.05) is 0 Å². The van der Waals surface area contributed by atoms with Gasteiger partial charge >= 0.3 is 5.97 Å². The summed E-state index contributed by atoms with van der Waals surface area (Å²) in [4.78, 5) is 10.0. The molecule has 0 aliphatic heterocycles. The molecule has 0 saturated carbocycles. The Hall–Kier alpha value is -0.140. The third-order valence-electron chi connectivity index (χ3n) is 0.457. The molecule has 0 rings (SSSR count). The van der Waals surface area contributed by atoms with Crippen LogP contribution in [0, 0.1) is 0 Å². The topological polar surface area (TPSA) is 46.5 Å². The third kappa shape index (κ3) is 2.54. The number of carbonyl (C=O) groups is 1. The van der Waals surface area contributed by atoms with Crippen molar-refractivity contribution < 1.29 is 14.4 Å². The monoisotopic (exact) mass is 122 g/mol. The summed E-state index contributed by atoms with van der Waals surface area (Å²) in [6, 6.07) is 0. The summed E-state index contributed by atoms with van der Waals surface area (Å²) >= 11 is 0. The van der Waals surface area contributed by atoms with E-state index in [0.717, 1.165) is 0 Å². The van der Waals surface area contributed by atoms with Gasteiger partial charge in [-0.2, -0.15) is 0 Å². The maximum absolute atomic E-state index is 10.0. The molecule has 0 radical (unpaired) electrons. The molecule has 2 atom stereocenters. The van der Waals surface area contributed by atoms with Crippen molar-refractivity contribution in [2.45, 2.75) is 13.0 Å². The maximum atomic E-state index is 10.0. The minimum Gasteiger partial charge on any atom is -0.450 e. The average molecular weight is 122 g/mol. The molecule has 0 aromatic carbocycles. The minimum atomic E-state index is -1.02. The van der Waals surface area contributed by atoms with Gasteiger partial charge in [-0.05, 0) is 6.92 Å². The fraction of sp³-hybridized carbons (Fsp3) is 0.667. The Balaban J connectivity index is 3.35. The van der Waals surface area contributed by atoms with E-state index in [2.05, 4.69) is 4.52 Å². The summed E-state index contributed by atoms with van der Waals surface area (Å²) in [5.41, 5.74) is 0. The van der Waals surface area contributed by atoms with Crippen molar-refractivity contribution in [2.75, 3.05) is 0 Å². The van der Waals surface area contributed by atoms with E-state index in [1.165, 1.54) is 6.92 Å². The first-order chi connectivity index (χ1) is 3.18. The molecule has 0 heterocycles. The first-order valence-electron chi connectivity index (χ1n) is 1.77. The van der Waals surface area contributed by atoms with Gasteiger partial charge in [-0.1, -0.05) is 0 Å².